The minimum absolute atomic E-state index is 0.153. The van der Waals surface area contributed by atoms with Gasteiger partial charge in [-0.3, -0.25) is 0 Å². The molecule has 0 bridgehead atoms. The van der Waals surface area contributed by atoms with E-state index in [4.69, 9.17) is 13.4 Å². The van der Waals surface area contributed by atoms with Crippen molar-refractivity contribution in [2.45, 2.75) is 38.9 Å². The van der Waals surface area contributed by atoms with Gasteiger partial charge in [-0.1, -0.05) is 0 Å². The van der Waals surface area contributed by atoms with Crippen LogP contribution in [0.5, 0.6) is 0 Å². The normalized spacial score (nSPS) is 23.2. The Morgan fingerprint density at radius 3 is 2.58 bits per heavy atom. The maximum absolute atomic E-state index is 7.80. The van der Waals surface area contributed by atoms with Gasteiger partial charge in [-0.05, 0) is 33.7 Å². The van der Waals surface area contributed by atoms with Crippen molar-refractivity contribution in [1.82, 2.24) is 14.8 Å². The van der Waals surface area contributed by atoms with Gasteiger partial charge in [0.15, 0.2) is 0 Å². The molecule has 1 aliphatic heterocycles. The summed E-state index contributed by atoms with van der Waals surface area (Å²) in [6, 6.07) is -0.215. The van der Waals surface area contributed by atoms with E-state index in [0.717, 1.165) is 0 Å². The average Bonchev–Trinajstić information content (AvgIpc) is 3.04. The van der Waals surface area contributed by atoms with E-state index in [9.17, 15) is 0 Å². The summed E-state index contributed by atoms with van der Waals surface area (Å²) in [4.78, 5) is 4.39. The molecule has 0 N–H and O–H groups in total. The Kier molecular flexibility index (Phi) is 2.12. The van der Waals surface area contributed by atoms with Crippen molar-refractivity contribution in [2.24, 2.45) is 0 Å². The second-order valence-corrected chi connectivity index (χ2v) is 6.24. The SMILES string of the molecule is [2H]c1nn(-c2nc(B3OC(C)(C)C(C)(C)O3)cs2)c([2H])c1[2H]. The first-order valence-corrected chi connectivity index (χ1v) is 6.84. The Morgan fingerprint density at radius 2 is 2.00 bits per heavy atom. The van der Waals surface area contributed by atoms with Gasteiger partial charge in [-0.15, -0.1) is 11.3 Å². The van der Waals surface area contributed by atoms with Gasteiger partial charge >= 0.3 is 7.12 Å². The summed E-state index contributed by atoms with van der Waals surface area (Å²) in [5.41, 5.74) is -0.293. The molecule has 0 atom stereocenters. The lowest BCUT2D eigenvalue weighted by Crippen LogP contribution is -2.41. The number of thiazole rings is 1. The summed E-state index contributed by atoms with van der Waals surface area (Å²) in [6.07, 6.45) is -0.391. The van der Waals surface area contributed by atoms with Gasteiger partial charge in [0.25, 0.3) is 0 Å². The fraction of sp³-hybridized carbons (Fsp3) is 0.500. The third-order valence-corrected chi connectivity index (χ3v) is 4.39. The van der Waals surface area contributed by atoms with Gasteiger partial charge in [0, 0.05) is 17.7 Å². The predicted molar refractivity (Wildman–Crippen MR) is 75.0 cm³/mol. The largest absolute Gasteiger partial charge is 0.515 e. The van der Waals surface area contributed by atoms with Crippen LogP contribution in [0.2, 0.25) is 0 Å². The lowest BCUT2D eigenvalue weighted by atomic mass is 9.86. The van der Waals surface area contributed by atoms with Gasteiger partial charge < -0.3 is 9.31 Å². The van der Waals surface area contributed by atoms with E-state index in [0.29, 0.717) is 10.7 Å². The molecule has 0 aliphatic carbocycles. The van der Waals surface area contributed by atoms with Crippen molar-refractivity contribution in [2.75, 3.05) is 0 Å². The van der Waals surface area contributed by atoms with Gasteiger partial charge in [0.05, 0.1) is 20.9 Å². The molecule has 19 heavy (non-hydrogen) atoms. The van der Waals surface area contributed by atoms with Crippen molar-refractivity contribution in [3.05, 3.63) is 23.8 Å². The van der Waals surface area contributed by atoms with E-state index in [1.54, 1.807) is 5.38 Å². The number of nitrogens with zero attached hydrogens (tertiary/aromatic N) is 3. The maximum atomic E-state index is 7.80. The third-order valence-electron chi connectivity index (χ3n) is 3.55. The Bertz CT molecular complexity index is 715. The van der Waals surface area contributed by atoms with Crippen LogP contribution in [0.1, 0.15) is 31.8 Å². The van der Waals surface area contributed by atoms with E-state index in [-0.39, 0.29) is 18.4 Å². The number of hydrogen-bond acceptors (Lipinski definition) is 5. The van der Waals surface area contributed by atoms with Crippen LogP contribution in [-0.4, -0.2) is 33.1 Å². The predicted octanol–water partition coefficient (Wildman–Crippen LogP) is 1.63. The Labute approximate surface area is 120 Å². The van der Waals surface area contributed by atoms with Crippen LogP contribution in [0.15, 0.2) is 23.8 Å². The number of rotatable bonds is 2. The minimum atomic E-state index is -0.578. The standard InChI is InChI=1S/C12H16BN3O2S/c1-11(2)12(3,4)18-13(17-11)9-8-19-10(15-9)16-7-5-6-14-16/h5-8H,1-4H3/i5D,6D,7D. The molecule has 5 nitrogen and oxygen atoms in total. The molecule has 7 heteroatoms. The molecule has 1 aliphatic rings. The highest BCUT2D eigenvalue weighted by atomic mass is 32.1. The lowest BCUT2D eigenvalue weighted by molar-refractivity contribution is 0.00578. The fourth-order valence-electron chi connectivity index (χ4n) is 1.71. The molecule has 0 aromatic carbocycles. The summed E-state index contributed by atoms with van der Waals surface area (Å²) in [7, 11) is -0.578. The first-order chi connectivity index (χ1) is 10.1. The molecular formula is C12H16BN3O2S. The topological polar surface area (TPSA) is 49.2 Å². The first-order valence-electron chi connectivity index (χ1n) is 7.46. The van der Waals surface area contributed by atoms with Gasteiger partial charge in [-0.2, -0.15) is 5.10 Å². The van der Waals surface area contributed by atoms with Crippen LogP contribution >= 0.6 is 11.3 Å². The molecule has 0 saturated carbocycles. The summed E-state index contributed by atoms with van der Waals surface area (Å²) in [6.45, 7) is 7.87. The van der Waals surface area contributed by atoms with Crippen molar-refractivity contribution >= 4 is 24.0 Å². The van der Waals surface area contributed by atoms with E-state index < -0.39 is 18.3 Å². The molecule has 0 radical (unpaired) electrons. The lowest BCUT2D eigenvalue weighted by Gasteiger charge is -2.32. The van der Waals surface area contributed by atoms with E-state index in [2.05, 4.69) is 10.1 Å². The average molecular weight is 280 g/mol. The molecule has 2 aromatic rings. The molecule has 3 heterocycles. The quantitative estimate of drug-likeness (QED) is 0.784. The summed E-state index contributed by atoms with van der Waals surface area (Å²) < 4.78 is 35.9. The molecule has 100 valence electrons. The zero-order valence-electron chi connectivity index (χ0n) is 14.2. The monoisotopic (exact) mass is 280 g/mol. The van der Waals surface area contributed by atoms with Crippen LogP contribution in [-0.2, 0) is 9.31 Å². The second kappa shape index (κ2) is 4.16. The van der Waals surface area contributed by atoms with Gasteiger partial charge in [0.2, 0.25) is 5.13 Å². The highest BCUT2D eigenvalue weighted by molar-refractivity contribution is 7.13. The fourth-order valence-corrected chi connectivity index (χ4v) is 2.45. The molecule has 1 saturated heterocycles. The minimum Gasteiger partial charge on any atom is -0.398 e. The Hall–Kier alpha value is -1.18. The van der Waals surface area contributed by atoms with Crippen molar-refractivity contribution in [1.29, 1.82) is 0 Å². The summed E-state index contributed by atoms with van der Waals surface area (Å²) >= 11 is 1.27. The number of aromatic nitrogens is 3. The molecule has 2 aromatic heterocycles. The second-order valence-electron chi connectivity index (χ2n) is 5.40. The molecule has 0 spiro atoms. The van der Waals surface area contributed by atoms with E-state index in [1.165, 1.54) is 16.0 Å². The van der Waals surface area contributed by atoms with Crippen LogP contribution in [0.4, 0.5) is 0 Å². The highest BCUT2D eigenvalue weighted by Gasteiger charge is 2.52. The van der Waals surface area contributed by atoms with Crippen LogP contribution < -0.4 is 5.59 Å². The zero-order valence-corrected chi connectivity index (χ0v) is 12.0. The van der Waals surface area contributed by atoms with E-state index >= 15 is 0 Å². The smallest absolute Gasteiger partial charge is 0.398 e. The van der Waals surface area contributed by atoms with Crippen LogP contribution in [0.3, 0.4) is 0 Å². The maximum Gasteiger partial charge on any atom is 0.515 e. The number of hydrogen-bond donors (Lipinski definition) is 0. The Balaban J connectivity index is 1.91. The molecule has 0 unspecified atom stereocenters. The van der Waals surface area contributed by atoms with Gasteiger partial charge in [0.1, 0.15) is 0 Å². The van der Waals surface area contributed by atoms with Crippen molar-refractivity contribution in [3.63, 3.8) is 0 Å². The molecule has 0 amide bonds. The highest BCUT2D eigenvalue weighted by Crippen LogP contribution is 2.36. The zero-order chi connectivity index (χ0) is 16.3. The van der Waals surface area contributed by atoms with E-state index in [1.807, 2.05) is 27.7 Å². The summed E-state index contributed by atoms with van der Waals surface area (Å²) in [5, 5.41) is 6.05. The van der Waals surface area contributed by atoms with Crippen LogP contribution in [0.25, 0.3) is 5.13 Å². The third kappa shape index (κ3) is 2.11. The molecule has 3 rings (SSSR count). The molecule has 1 fully saturated rings. The molecular weight excluding hydrogens is 261 g/mol. The summed E-state index contributed by atoms with van der Waals surface area (Å²) in [5.74, 6) is 0. The van der Waals surface area contributed by atoms with Crippen molar-refractivity contribution in [3.8, 4) is 5.13 Å². The van der Waals surface area contributed by atoms with Gasteiger partial charge in [-0.25, -0.2) is 9.67 Å². The Morgan fingerprint density at radius 1 is 1.32 bits per heavy atom. The van der Waals surface area contributed by atoms with Crippen molar-refractivity contribution < 1.29 is 13.4 Å². The van der Waals surface area contributed by atoms with Crippen LogP contribution in [0, 0.1) is 0 Å². The first kappa shape index (κ1) is 9.69.